The molecule has 4 nitrogen and oxygen atoms in total. The van der Waals surface area contributed by atoms with E-state index in [-0.39, 0.29) is 0 Å². The van der Waals surface area contributed by atoms with Crippen LogP contribution in [-0.2, 0) is 13.5 Å². The van der Waals surface area contributed by atoms with Gasteiger partial charge >= 0.3 is 0 Å². The van der Waals surface area contributed by atoms with Crippen molar-refractivity contribution in [3.8, 4) is 0 Å². The van der Waals surface area contributed by atoms with Gasteiger partial charge in [0.2, 0.25) is 0 Å². The normalized spacial score (nSPS) is 11.6. The van der Waals surface area contributed by atoms with Crippen LogP contribution in [0.4, 0.5) is 0 Å². The van der Waals surface area contributed by atoms with E-state index in [1.54, 1.807) is 0 Å². The minimum Gasteiger partial charge on any atom is -0.338 e. The highest BCUT2D eigenvalue weighted by atomic mass is 15.1. The molecule has 0 aliphatic carbocycles. The average Bonchev–Trinajstić information content (AvgIpc) is 2.68. The van der Waals surface area contributed by atoms with E-state index in [4.69, 9.17) is 0 Å². The molecule has 0 unspecified atom stereocenters. The number of nitrogens with one attached hydrogen (secondary N) is 1. The maximum absolute atomic E-state index is 4.35. The van der Waals surface area contributed by atoms with Crippen molar-refractivity contribution in [3.63, 3.8) is 0 Å². The van der Waals surface area contributed by atoms with Crippen molar-refractivity contribution in [1.82, 2.24) is 19.8 Å². The highest BCUT2D eigenvalue weighted by molar-refractivity contribution is 4.91. The van der Waals surface area contributed by atoms with E-state index in [0.29, 0.717) is 6.04 Å². The third-order valence-electron chi connectivity index (χ3n) is 3.00. The van der Waals surface area contributed by atoms with Crippen molar-refractivity contribution >= 4 is 0 Å². The number of rotatable bonds is 8. The zero-order valence-electron chi connectivity index (χ0n) is 11.6. The van der Waals surface area contributed by atoms with Gasteiger partial charge in [-0.3, -0.25) is 0 Å². The van der Waals surface area contributed by atoms with Gasteiger partial charge in [0.25, 0.3) is 0 Å². The fourth-order valence-electron chi connectivity index (χ4n) is 1.83. The maximum Gasteiger partial charge on any atom is 0.109 e. The number of hydrogen-bond donors (Lipinski definition) is 1. The van der Waals surface area contributed by atoms with Gasteiger partial charge < -0.3 is 14.8 Å². The Balaban J connectivity index is 2.25. The first-order valence-electron chi connectivity index (χ1n) is 6.55. The lowest BCUT2D eigenvalue weighted by molar-refractivity contribution is 0.285. The summed E-state index contributed by atoms with van der Waals surface area (Å²) in [6, 6.07) is 0.572. The quantitative estimate of drug-likeness (QED) is 0.741. The molecule has 0 aromatic carbocycles. The average molecular weight is 238 g/mol. The van der Waals surface area contributed by atoms with Crippen LogP contribution in [-0.4, -0.2) is 46.7 Å². The van der Waals surface area contributed by atoms with E-state index in [9.17, 15) is 0 Å². The first-order chi connectivity index (χ1) is 8.13. The number of nitrogens with zero attached hydrogens (tertiary/aromatic N) is 3. The van der Waals surface area contributed by atoms with Gasteiger partial charge in [0.1, 0.15) is 5.82 Å². The lowest BCUT2D eigenvalue weighted by Gasteiger charge is -2.21. The molecule has 17 heavy (non-hydrogen) atoms. The molecule has 1 heterocycles. The van der Waals surface area contributed by atoms with Crippen LogP contribution in [0.3, 0.4) is 0 Å². The van der Waals surface area contributed by atoms with Crippen LogP contribution >= 0.6 is 0 Å². The van der Waals surface area contributed by atoms with Gasteiger partial charge in [-0.2, -0.15) is 0 Å². The minimum atomic E-state index is 0.572. The van der Waals surface area contributed by atoms with Crippen molar-refractivity contribution in [2.24, 2.45) is 7.05 Å². The molecular formula is C13H26N4. The number of imidazole rings is 1. The van der Waals surface area contributed by atoms with E-state index >= 15 is 0 Å². The number of aromatic nitrogens is 2. The molecule has 0 saturated heterocycles. The van der Waals surface area contributed by atoms with Gasteiger partial charge in [-0.05, 0) is 6.54 Å². The van der Waals surface area contributed by atoms with Crippen LogP contribution in [0.5, 0.6) is 0 Å². The summed E-state index contributed by atoms with van der Waals surface area (Å²) in [5.74, 6) is 1.17. The number of aryl methyl sites for hydroxylation is 1. The Labute approximate surface area is 105 Å². The van der Waals surface area contributed by atoms with Gasteiger partial charge in [-0.1, -0.05) is 20.8 Å². The predicted octanol–water partition coefficient (Wildman–Crippen LogP) is 1.28. The molecule has 0 fully saturated rings. The van der Waals surface area contributed by atoms with Gasteiger partial charge in [-0.25, -0.2) is 4.98 Å². The molecule has 0 saturated carbocycles. The summed E-state index contributed by atoms with van der Waals surface area (Å²) in [6.45, 7) is 10.9. The predicted molar refractivity (Wildman–Crippen MR) is 72.2 cm³/mol. The Morgan fingerprint density at radius 3 is 2.71 bits per heavy atom. The summed E-state index contributed by atoms with van der Waals surface area (Å²) in [7, 11) is 2.05. The summed E-state index contributed by atoms with van der Waals surface area (Å²) < 4.78 is 2.10. The molecule has 1 aromatic rings. The zero-order valence-corrected chi connectivity index (χ0v) is 11.6. The second-order valence-electron chi connectivity index (χ2n) is 4.75. The van der Waals surface area contributed by atoms with Gasteiger partial charge in [0.15, 0.2) is 0 Å². The van der Waals surface area contributed by atoms with Crippen molar-refractivity contribution in [1.29, 1.82) is 0 Å². The standard InChI is InChI=1S/C13H26N4/c1-5-17(11-8-14-12(2)3)9-6-13-15-7-10-16(13)4/h7,10,12,14H,5-6,8-9,11H2,1-4H3. The Morgan fingerprint density at radius 1 is 1.41 bits per heavy atom. The molecule has 0 atom stereocenters. The molecule has 4 heteroatoms. The van der Waals surface area contributed by atoms with Crippen molar-refractivity contribution < 1.29 is 0 Å². The SMILES string of the molecule is CCN(CCNC(C)C)CCc1nccn1C. The third kappa shape index (κ3) is 5.33. The van der Waals surface area contributed by atoms with Gasteiger partial charge in [0, 0.05) is 51.5 Å². The minimum absolute atomic E-state index is 0.572. The molecule has 1 N–H and O–H groups in total. The van der Waals surface area contributed by atoms with Crippen LogP contribution < -0.4 is 5.32 Å². The molecule has 0 aliphatic heterocycles. The van der Waals surface area contributed by atoms with Crippen LogP contribution in [0.25, 0.3) is 0 Å². The third-order valence-corrected chi connectivity index (χ3v) is 3.00. The Hall–Kier alpha value is -0.870. The molecule has 0 spiro atoms. The second kappa shape index (κ2) is 7.45. The lowest BCUT2D eigenvalue weighted by Crippen LogP contribution is -2.36. The lowest BCUT2D eigenvalue weighted by atomic mass is 10.3. The summed E-state index contributed by atoms with van der Waals surface area (Å²) in [6.07, 6.45) is 4.90. The second-order valence-corrected chi connectivity index (χ2v) is 4.75. The van der Waals surface area contributed by atoms with E-state index in [2.05, 4.69) is 47.6 Å². The molecule has 0 bridgehead atoms. The fraction of sp³-hybridized carbons (Fsp3) is 0.769. The van der Waals surface area contributed by atoms with Crippen molar-refractivity contribution in [2.75, 3.05) is 26.2 Å². The Kier molecular flexibility index (Phi) is 6.22. The molecule has 0 amide bonds. The van der Waals surface area contributed by atoms with Crippen LogP contribution in [0.2, 0.25) is 0 Å². The smallest absolute Gasteiger partial charge is 0.109 e. The van der Waals surface area contributed by atoms with Crippen LogP contribution in [0, 0.1) is 0 Å². The van der Waals surface area contributed by atoms with Crippen molar-refractivity contribution in [2.45, 2.75) is 33.2 Å². The molecule has 98 valence electrons. The van der Waals surface area contributed by atoms with Crippen molar-refractivity contribution in [3.05, 3.63) is 18.2 Å². The van der Waals surface area contributed by atoms with Crippen LogP contribution in [0.1, 0.15) is 26.6 Å². The highest BCUT2D eigenvalue weighted by Crippen LogP contribution is 1.98. The summed E-state index contributed by atoms with van der Waals surface area (Å²) in [4.78, 5) is 6.81. The maximum atomic E-state index is 4.35. The first-order valence-corrected chi connectivity index (χ1v) is 6.55. The largest absolute Gasteiger partial charge is 0.338 e. The first kappa shape index (κ1) is 14.2. The molecule has 0 radical (unpaired) electrons. The summed E-state index contributed by atoms with van der Waals surface area (Å²) in [5, 5.41) is 3.45. The fourth-order valence-corrected chi connectivity index (χ4v) is 1.83. The topological polar surface area (TPSA) is 33.1 Å². The Bertz CT molecular complexity index is 306. The van der Waals surface area contributed by atoms with E-state index < -0.39 is 0 Å². The van der Waals surface area contributed by atoms with E-state index in [1.165, 1.54) is 5.82 Å². The Morgan fingerprint density at radius 2 is 2.18 bits per heavy atom. The van der Waals surface area contributed by atoms with Gasteiger partial charge in [0.05, 0.1) is 0 Å². The number of likely N-dealkylation sites (N-methyl/N-ethyl adjacent to an activating group) is 1. The molecule has 1 rings (SSSR count). The zero-order chi connectivity index (χ0) is 12.7. The highest BCUT2D eigenvalue weighted by Gasteiger charge is 2.05. The van der Waals surface area contributed by atoms with E-state index in [0.717, 1.165) is 32.6 Å². The monoisotopic (exact) mass is 238 g/mol. The molecular weight excluding hydrogens is 212 g/mol. The number of hydrogen-bond acceptors (Lipinski definition) is 3. The van der Waals surface area contributed by atoms with Gasteiger partial charge in [-0.15, -0.1) is 0 Å². The molecule has 0 aliphatic rings. The summed E-state index contributed by atoms with van der Waals surface area (Å²) in [5.41, 5.74) is 0. The van der Waals surface area contributed by atoms with E-state index in [1.807, 2.05) is 12.4 Å². The summed E-state index contributed by atoms with van der Waals surface area (Å²) >= 11 is 0. The van der Waals surface area contributed by atoms with Crippen LogP contribution in [0.15, 0.2) is 12.4 Å². The molecule has 1 aromatic heterocycles.